The van der Waals surface area contributed by atoms with Crippen molar-refractivity contribution in [3.05, 3.63) is 12.5 Å². The molecule has 1 rings (SSSR count). The van der Waals surface area contributed by atoms with Crippen molar-refractivity contribution in [2.75, 3.05) is 25.6 Å². The van der Waals surface area contributed by atoms with Gasteiger partial charge in [0, 0.05) is 25.2 Å². The zero-order valence-corrected chi connectivity index (χ0v) is 11.2. The molecule has 0 radical (unpaired) electrons. The quantitative estimate of drug-likeness (QED) is 0.554. The zero-order chi connectivity index (χ0) is 12.7. The van der Waals surface area contributed by atoms with E-state index in [9.17, 15) is 8.42 Å². The first kappa shape index (κ1) is 14.4. The van der Waals surface area contributed by atoms with Crippen molar-refractivity contribution in [1.29, 1.82) is 0 Å². The van der Waals surface area contributed by atoms with Gasteiger partial charge < -0.3 is 9.30 Å². The molecule has 0 saturated carbocycles. The van der Waals surface area contributed by atoms with Crippen LogP contribution in [-0.4, -0.2) is 43.6 Å². The predicted octanol–water partition coefficient (Wildman–Crippen LogP) is 0.437. The molecule has 6 nitrogen and oxygen atoms in total. The van der Waals surface area contributed by atoms with Gasteiger partial charge in [-0.15, -0.1) is 11.6 Å². The minimum atomic E-state index is -3.53. The lowest BCUT2D eigenvalue weighted by atomic mass is 10.7. The molecular formula is C9H16ClN3O3S. The maximum Gasteiger partial charge on any atom is 0.259 e. The van der Waals surface area contributed by atoms with Gasteiger partial charge in [-0.3, -0.25) is 0 Å². The van der Waals surface area contributed by atoms with Crippen molar-refractivity contribution in [3.63, 3.8) is 0 Å². The van der Waals surface area contributed by atoms with Crippen LogP contribution < -0.4 is 4.72 Å². The summed E-state index contributed by atoms with van der Waals surface area (Å²) in [6, 6.07) is 0. The van der Waals surface area contributed by atoms with Gasteiger partial charge in [0.2, 0.25) is 0 Å². The van der Waals surface area contributed by atoms with Gasteiger partial charge in [0.05, 0.1) is 19.5 Å². The van der Waals surface area contributed by atoms with Crippen LogP contribution in [0.2, 0.25) is 0 Å². The smallest absolute Gasteiger partial charge is 0.259 e. The number of aryl methyl sites for hydroxylation is 1. The van der Waals surface area contributed by atoms with Gasteiger partial charge in [-0.1, -0.05) is 0 Å². The highest BCUT2D eigenvalue weighted by Gasteiger charge is 2.16. The van der Waals surface area contributed by atoms with Crippen molar-refractivity contribution in [1.82, 2.24) is 14.3 Å². The second-order valence-electron chi connectivity index (χ2n) is 3.24. The normalized spacial score (nSPS) is 11.9. The number of ether oxygens (including phenoxy) is 1. The number of aromatic nitrogens is 2. The predicted molar refractivity (Wildman–Crippen MR) is 64.6 cm³/mol. The fourth-order valence-electron chi connectivity index (χ4n) is 1.13. The summed E-state index contributed by atoms with van der Waals surface area (Å²) in [7, 11) is -3.53. The number of halogens is 1. The van der Waals surface area contributed by atoms with Gasteiger partial charge in [0.25, 0.3) is 10.0 Å². The van der Waals surface area contributed by atoms with Crippen molar-refractivity contribution in [2.24, 2.45) is 0 Å². The summed E-state index contributed by atoms with van der Waals surface area (Å²) in [4.78, 5) is 3.82. The number of alkyl halides is 1. The molecule has 0 amide bonds. The zero-order valence-electron chi connectivity index (χ0n) is 9.60. The molecule has 17 heavy (non-hydrogen) atoms. The first-order chi connectivity index (χ1) is 8.10. The summed E-state index contributed by atoms with van der Waals surface area (Å²) >= 11 is 5.41. The molecule has 0 aliphatic carbocycles. The molecule has 0 unspecified atom stereocenters. The fourth-order valence-corrected chi connectivity index (χ4v) is 2.20. The third kappa shape index (κ3) is 4.63. The third-order valence-electron chi connectivity index (χ3n) is 2.01. The Morgan fingerprint density at radius 3 is 2.88 bits per heavy atom. The Morgan fingerprint density at radius 2 is 2.29 bits per heavy atom. The fraction of sp³-hybridized carbons (Fsp3) is 0.667. The second kappa shape index (κ2) is 6.95. The molecule has 0 aromatic carbocycles. The summed E-state index contributed by atoms with van der Waals surface area (Å²) in [5, 5.41) is 0.0247. The van der Waals surface area contributed by atoms with E-state index in [4.69, 9.17) is 16.3 Å². The molecule has 98 valence electrons. The minimum Gasteiger partial charge on any atom is -0.379 e. The molecule has 1 aromatic rings. The van der Waals surface area contributed by atoms with Crippen LogP contribution in [0.1, 0.15) is 6.92 Å². The highest BCUT2D eigenvalue weighted by Crippen LogP contribution is 2.04. The van der Waals surface area contributed by atoms with E-state index < -0.39 is 10.0 Å². The number of imidazole rings is 1. The number of nitrogens with one attached hydrogen (secondary N) is 1. The molecule has 0 saturated heterocycles. The Hall–Kier alpha value is -0.630. The monoisotopic (exact) mass is 281 g/mol. The molecule has 1 N–H and O–H groups in total. The Balaban J connectivity index is 2.45. The molecule has 1 aromatic heterocycles. The van der Waals surface area contributed by atoms with E-state index in [-0.39, 0.29) is 11.6 Å². The van der Waals surface area contributed by atoms with E-state index >= 15 is 0 Å². The van der Waals surface area contributed by atoms with E-state index in [0.717, 1.165) is 0 Å². The highest BCUT2D eigenvalue weighted by molar-refractivity contribution is 7.89. The van der Waals surface area contributed by atoms with Crippen molar-refractivity contribution >= 4 is 21.6 Å². The van der Waals surface area contributed by atoms with Crippen LogP contribution in [0.15, 0.2) is 17.6 Å². The first-order valence-corrected chi connectivity index (χ1v) is 7.27. The SMILES string of the molecule is CCn1cnc(S(=O)(=O)NCCOCCCl)c1. The Kier molecular flexibility index (Phi) is 5.90. The van der Waals surface area contributed by atoms with Gasteiger partial charge in [0.15, 0.2) is 5.03 Å². The van der Waals surface area contributed by atoms with Gasteiger partial charge >= 0.3 is 0 Å². The van der Waals surface area contributed by atoms with Crippen LogP contribution >= 0.6 is 11.6 Å². The maximum absolute atomic E-state index is 11.7. The lowest BCUT2D eigenvalue weighted by molar-refractivity contribution is 0.155. The van der Waals surface area contributed by atoms with Crippen LogP contribution in [0.4, 0.5) is 0 Å². The van der Waals surface area contributed by atoms with E-state index in [1.54, 1.807) is 4.57 Å². The van der Waals surface area contributed by atoms with Crippen molar-refractivity contribution < 1.29 is 13.2 Å². The van der Waals surface area contributed by atoms with E-state index in [1.165, 1.54) is 12.5 Å². The van der Waals surface area contributed by atoms with Crippen LogP contribution in [0.3, 0.4) is 0 Å². The summed E-state index contributed by atoms with van der Waals surface area (Å²) in [6.07, 6.45) is 2.97. The van der Waals surface area contributed by atoms with Crippen LogP contribution in [-0.2, 0) is 21.3 Å². The maximum atomic E-state index is 11.7. The molecule has 0 atom stereocenters. The summed E-state index contributed by atoms with van der Waals surface area (Å²) in [5.41, 5.74) is 0. The average Bonchev–Trinajstić information content (AvgIpc) is 2.78. The third-order valence-corrected chi connectivity index (χ3v) is 3.51. The van der Waals surface area contributed by atoms with E-state index in [0.29, 0.717) is 25.6 Å². The molecule has 0 spiro atoms. The van der Waals surface area contributed by atoms with Gasteiger partial charge in [0.1, 0.15) is 0 Å². The summed E-state index contributed by atoms with van der Waals surface area (Å²) < 4.78 is 32.6. The van der Waals surface area contributed by atoms with Gasteiger partial charge in [-0.2, -0.15) is 0 Å². The van der Waals surface area contributed by atoms with Crippen molar-refractivity contribution in [2.45, 2.75) is 18.5 Å². The van der Waals surface area contributed by atoms with Crippen LogP contribution in [0.25, 0.3) is 0 Å². The summed E-state index contributed by atoms with van der Waals surface area (Å²) in [6.45, 7) is 3.50. The average molecular weight is 282 g/mol. The molecule has 0 bridgehead atoms. The number of rotatable bonds is 8. The topological polar surface area (TPSA) is 73.2 Å². The minimum absolute atomic E-state index is 0.0247. The Labute approximate surface area is 106 Å². The molecule has 1 heterocycles. The molecule has 0 aliphatic rings. The van der Waals surface area contributed by atoms with Gasteiger partial charge in [-0.05, 0) is 6.92 Å². The number of nitrogens with zero attached hydrogens (tertiary/aromatic N) is 2. The summed E-state index contributed by atoms with van der Waals surface area (Å²) in [5.74, 6) is 0.396. The number of sulfonamides is 1. The van der Waals surface area contributed by atoms with Crippen LogP contribution in [0, 0.1) is 0 Å². The van der Waals surface area contributed by atoms with E-state index in [1.807, 2.05) is 6.92 Å². The standard InChI is InChI=1S/C9H16ClN3O3S/c1-2-13-7-9(11-8-13)17(14,15)12-4-6-16-5-3-10/h7-8,12H,2-6H2,1H3. The van der Waals surface area contributed by atoms with Gasteiger partial charge in [-0.25, -0.2) is 18.1 Å². The number of hydrogen-bond donors (Lipinski definition) is 1. The van der Waals surface area contributed by atoms with Crippen molar-refractivity contribution in [3.8, 4) is 0 Å². The largest absolute Gasteiger partial charge is 0.379 e. The first-order valence-electron chi connectivity index (χ1n) is 5.25. The van der Waals surface area contributed by atoms with Crippen LogP contribution in [0.5, 0.6) is 0 Å². The second-order valence-corrected chi connectivity index (χ2v) is 5.33. The molecule has 0 fully saturated rings. The Bertz CT molecular complexity index is 432. The lowest BCUT2D eigenvalue weighted by Crippen LogP contribution is -2.28. The molecule has 0 aliphatic heterocycles. The highest BCUT2D eigenvalue weighted by atomic mass is 35.5. The molecule has 8 heteroatoms. The molecular weight excluding hydrogens is 266 g/mol. The lowest BCUT2D eigenvalue weighted by Gasteiger charge is -2.04. The number of hydrogen-bond acceptors (Lipinski definition) is 4. The van der Waals surface area contributed by atoms with E-state index in [2.05, 4.69) is 9.71 Å². The Morgan fingerprint density at radius 1 is 1.53 bits per heavy atom.